The quantitative estimate of drug-likeness (QED) is 0.0549. The number of carbonyl (C=O) groups excluding carboxylic acids is 4. The lowest BCUT2D eigenvalue weighted by Gasteiger charge is -2.29. The number of benzene rings is 6. The third kappa shape index (κ3) is 16.4. The number of rotatable bonds is 12. The number of aromatic nitrogens is 10. The SMILES string of the molecule is CC1=C(c2nc(-c3ccc(C#N)cc3)cs2)C(c2ccc(=O)[nH]c2)NC(=O)N1.CC1=C(c2nc(-c3ccc(C#N)cc3)cs2)C(c2ccnc3ccccc23)NC(=O)N1.CC1=C(c2nc(-c3ccc(C#N)cc3)cs2)C(c2nc3ccccc3n2C)NC(=O)N1.CC1=C(c2nc(-c3ccc(C#N)cc3)cs2)C(c2nccn2C)NC(=O)N1. The maximum absolute atomic E-state index is 12.3. The van der Waals surface area contributed by atoms with Gasteiger partial charge in [0.15, 0.2) is 0 Å². The number of thiazole rings is 4. The third-order valence-electron chi connectivity index (χ3n) is 19.6. The first-order valence-corrected chi connectivity index (χ1v) is 39.7. The minimum atomic E-state index is -0.425. The van der Waals surface area contributed by atoms with E-state index in [9.17, 15) is 24.0 Å². The second-order valence-corrected chi connectivity index (χ2v) is 30.4. The molecule has 4 aliphatic rings. The zero-order valence-electron chi connectivity index (χ0n) is 63.0. The zero-order valence-corrected chi connectivity index (χ0v) is 66.3. The van der Waals surface area contributed by atoms with E-state index < -0.39 is 12.1 Å². The van der Waals surface area contributed by atoms with Crippen LogP contribution in [0, 0.1) is 45.3 Å². The molecule has 14 aromatic rings. The van der Waals surface area contributed by atoms with Crippen molar-refractivity contribution in [1.82, 2.24) is 91.5 Å². The number of nitrogens with zero attached hydrogens (tertiary/aromatic N) is 13. The van der Waals surface area contributed by atoms with Gasteiger partial charge in [-0.05, 0) is 118 Å². The van der Waals surface area contributed by atoms with Gasteiger partial charge in [0.05, 0.1) is 97.9 Å². The van der Waals surface area contributed by atoms with E-state index >= 15 is 0 Å². The zero-order chi connectivity index (χ0) is 81.5. The Labute approximate surface area is 684 Å². The maximum atomic E-state index is 12.3. The summed E-state index contributed by atoms with van der Waals surface area (Å²) in [6, 6.07) is 56.0. The molecule has 0 radical (unpaired) electrons. The van der Waals surface area contributed by atoms with Crippen LogP contribution in [0.25, 0.3) is 89.3 Å². The van der Waals surface area contributed by atoms with Gasteiger partial charge in [-0.25, -0.2) is 49.1 Å². The molecule has 0 saturated heterocycles. The lowest BCUT2D eigenvalue weighted by molar-refractivity contribution is 0.238. The summed E-state index contributed by atoms with van der Waals surface area (Å²) in [6.07, 6.45) is 6.92. The molecule has 27 nitrogen and oxygen atoms in total. The topological polar surface area (TPSA) is 393 Å². The number of carbonyl (C=O) groups is 4. The molecule has 12 heterocycles. The summed E-state index contributed by atoms with van der Waals surface area (Å²) in [7, 11) is 3.85. The van der Waals surface area contributed by atoms with Gasteiger partial charge >= 0.3 is 24.1 Å². The Bertz CT molecular complexity index is 6600. The van der Waals surface area contributed by atoms with Gasteiger partial charge in [0, 0.05) is 139 Å². The van der Waals surface area contributed by atoms with Gasteiger partial charge in [0.25, 0.3) is 0 Å². The largest absolute Gasteiger partial charge is 0.336 e. The van der Waals surface area contributed by atoms with E-state index in [0.29, 0.717) is 28.0 Å². The Morgan fingerprint density at radius 2 is 0.761 bits per heavy atom. The van der Waals surface area contributed by atoms with Gasteiger partial charge in [0.2, 0.25) is 5.56 Å². The summed E-state index contributed by atoms with van der Waals surface area (Å²) in [6.45, 7) is 7.47. The molecule has 0 saturated carbocycles. The summed E-state index contributed by atoms with van der Waals surface area (Å²) in [5, 5.41) is 71.3. The smallest absolute Gasteiger partial charge is 0.319 e. The van der Waals surface area contributed by atoms with E-state index in [4.69, 9.17) is 46.0 Å². The number of aromatic amines is 1. The van der Waals surface area contributed by atoms with Gasteiger partial charge in [-0.15, -0.1) is 45.3 Å². The molecule has 4 aliphatic heterocycles. The Morgan fingerprint density at radius 3 is 1.15 bits per heavy atom. The van der Waals surface area contributed by atoms with E-state index in [1.807, 2.05) is 182 Å². The number of hydrogen-bond donors (Lipinski definition) is 9. The highest BCUT2D eigenvalue weighted by atomic mass is 32.1. The van der Waals surface area contributed by atoms with Gasteiger partial charge in [-0.2, -0.15) is 21.0 Å². The lowest BCUT2D eigenvalue weighted by Crippen LogP contribution is -2.43. The number of fused-ring (bicyclic) bond motifs is 2. The van der Waals surface area contributed by atoms with Gasteiger partial charge in [-0.3, -0.25) is 9.78 Å². The number of nitrogens with one attached hydrogen (secondary N) is 9. The highest BCUT2D eigenvalue weighted by molar-refractivity contribution is 7.12. The number of imidazole rings is 2. The molecule has 117 heavy (non-hydrogen) atoms. The number of aryl methyl sites for hydroxylation is 2. The van der Waals surface area contributed by atoms with Crippen molar-refractivity contribution < 1.29 is 19.2 Å². The first-order chi connectivity index (χ1) is 56.8. The van der Waals surface area contributed by atoms with E-state index in [-0.39, 0.29) is 41.8 Å². The van der Waals surface area contributed by atoms with E-state index in [2.05, 4.69) is 81.8 Å². The number of urea groups is 4. The average molecular weight is 1620 g/mol. The van der Waals surface area contributed by atoms with Crippen molar-refractivity contribution in [2.45, 2.75) is 51.9 Å². The maximum Gasteiger partial charge on any atom is 0.319 e. The predicted octanol–water partition coefficient (Wildman–Crippen LogP) is 15.7. The number of nitriles is 4. The second-order valence-electron chi connectivity index (χ2n) is 27.0. The molecule has 0 bridgehead atoms. The highest BCUT2D eigenvalue weighted by Gasteiger charge is 2.36. The van der Waals surface area contributed by atoms with Crippen molar-refractivity contribution in [3.8, 4) is 69.3 Å². The molecule has 6 aromatic carbocycles. The van der Waals surface area contributed by atoms with Crippen LogP contribution in [0.4, 0.5) is 19.2 Å². The van der Waals surface area contributed by atoms with Crippen molar-refractivity contribution in [2.24, 2.45) is 14.1 Å². The third-order valence-corrected chi connectivity index (χ3v) is 23.1. The average Bonchev–Trinajstić information content (AvgIpc) is 1.76. The van der Waals surface area contributed by atoms with Crippen molar-refractivity contribution in [1.29, 1.82) is 21.0 Å². The fourth-order valence-corrected chi connectivity index (χ4v) is 17.7. The Morgan fingerprint density at radius 1 is 0.385 bits per heavy atom. The fourth-order valence-electron chi connectivity index (χ4n) is 13.8. The molecule has 4 unspecified atom stereocenters. The number of H-pyrrole nitrogens is 1. The summed E-state index contributed by atoms with van der Waals surface area (Å²) in [5.41, 5.74) is 20.3. The second kappa shape index (κ2) is 33.7. The molecule has 9 N–H and O–H groups in total. The van der Waals surface area contributed by atoms with Gasteiger partial charge in [-0.1, -0.05) is 78.9 Å². The van der Waals surface area contributed by atoms with Crippen molar-refractivity contribution in [2.75, 3.05) is 0 Å². The summed E-state index contributed by atoms with van der Waals surface area (Å²) < 4.78 is 3.90. The Hall–Kier alpha value is -15.1. The molecule has 0 fully saturated rings. The van der Waals surface area contributed by atoms with Crippen LogP contribution in [-0.4, -0.2) is 73.1 Å². The molecular weight excluding hydrogens is 1550 g/mol. The highest BCUT2D eigenvalue weighted by Crippen LogP contribution is 2.43. The number of allylic oxidation sites excluding steroid dienone is 4. The first kappa shape index (κ1) is 77.2. The van der Waals surface area contributed by atoms with Crippen LogP contribution in [0.2, 0.25) is 0 Å². The van der Waals surface area contributed by atoms with Crippen LogP contribution < -0.4 is 48.1 Å². The van der Waals surface area contributed by atoms with Crippen molar-refractivity contribution >= 4 is 114 Å². The van der Waals surface area contributed by atoms with Gasteiger partial charge in [0.1, 0.15) is 43.8 Å². The monoisotopic (exact) mass is 1610 g/mol. The molecule has 574 valence electrons. The van der Waals surface area contributed by atoms with Crippen LogP contribution in [0.5, 0.6) is 0 Å². The normalized spacial score (nSPS) is 16.3. The van der Waals surface area contributed by atoms with Crippen LogP contribution in [0.1, 0.15) is 117 Å². The number of amides is 8. The molecule has 4 atom stereocenters. The van der Waals surface area contributed by atoms with Gasteiger partial charge < -0.3 is 56.7 Å². The molecule has 0 aliphatic carbocycles. The van der Waals surface area contributed by atoms with Crippen molar-refractivity contribution in [3.05, 3.63) is 308 Å². The van der Waals surface area contributed by atoms with Crippen LogP contribution in [0.15, 0.2) is 238 Å². The Kier molecular flexibility index (Phi) is 22.2. The predicted molar refractivity (Wildman–Crippen MR) is 450 cm³/mol. The van der Waals surface area contributed by atoms with Crippen molar-refractivity contribution in [3.63, 3.8) is 0 Å². The first-order valence-electron chi connectivity index (χ1n) is 36.2. The van der Waals surface area contributed by atoms with E-state index in [0.717, 1.165) is 149 Å². The molecule has 18 rings (SSSR count). The molecule has 31 heteroatoms. The molecule has 8 aromatic heterocycles. The number of para-hydroxylation sites is 3. The molecular formula is C86H66N22O5S4. The summed E-state index contributed by atoms with van der Waals surface area (Å²) in [4.78, 5) is 95.6. The number of pyridine rings is 2. The molecule has 8 amide bonds. The minimum Gasteiger partial charge on any atom is -0.336 e. The van der Waals surface area contributed by atoms with Crippen LogP contribution in [-0.2, 0) is 14.1 Å². The van der Waals surface area contributed by atoms with E-state index in [1.165, 1.54) is 51.4 Å². The minimum absolute atomic E-state index is 0.205. The standard InChI is InChI=1S/C24H17N5OS.C23H18N6OS.C20H15N5O2S.C19H16N6OS/c1-14-21(23-28-20(13-31-23)16-8-6-15(12-25)7-9-16)22(29-24(30)27-14)18-10-11-26-19-5-3-2-4-17(18)19;1-13-19(22-27-17(12-31-22)15-9-7-14(11-24)8-10-15)20(28-23(30)25-13)21-26-16-5-3-4-6-18(16)29(21)2;1-11-17(18(25-20(27)23-11)14-6-7-16(26)22-9-14)19-24-15(10-28-19)13-4-2-12(8-21)3-5-13;1-11-15(16(24-19(26)22-11)17-21-7-8-25(17)2)18-23-14(10-27-18)13-5-3-12(9-20)4-6-13/h2-11,13,22H,1H3,(H2,27,29,30);3-10,12,20H,1-2H3,(H2,25,28,30);2-7,9-10,18H,1H3,(H,22,26)(H2,23,25,27);3-8,10,16H,1-2H3,(H2,22,24,26). The van der Waals surface area contributed by atoms with Crippen LogP contribution in [0.3, 0.4) is 0 Å². The summed E-state index contributed by atoms with van der Waals surface area (Å²) in [5.74, 6) is 1.50. The summed E-state index contributed by atoms with van der Waals surface area (Å²) >= 11 is 6.02. The number of hydrogen-bond acceptors (Lipinski definition) is 20. The van der Waals surface area contributed by atoms with E-state index in [1.54, 1.807) is 73.2 Å². The molecule has 0 spiro atoms. The fraction of sp³-hybridized carbons (Fsp3) is 0.116. The van der Waals surface area contributed by atoms with Crippen LogP contribution >= 0.6 is 45.3 Å². The lowest BCUT2D eigenvalue weighted by atomic mass is 9.93. The Balaban J connectivity index is 0.000000122.